The predicted octanol–water partition coefficient (Wildman–Crippen LogP) is 6.05. The summed E-state index contributed by atoms with van der Waals surface area (Å²) in [6.45, 7) is 3.97. The fourth-order valence-corrected chi connectivity index (χ4v) is 4.25. The highest BCUT2D eigenvalue weighted by Gasteiger charge is 2.25. The van der Waals surface area contributed by atoms with E-state index >= 15 is 0 Å². The first-order valence-electron chi connectivity index (χ1n) is 10.0. The molecule has 6 nitrogen and oxygen atoms in total. The van der Waals surface area contributed by atoms with Gasteiger partial charge < -0.3 is 14.8 Å². The monoisotopic (exact) mass is 447 g/mol. The van der Waals surface area contributed by atoms with E-state index in [0.717, 1.165) is 22.2 Å². The van der Waals surface area contributed by atoms with Crippen LogP contribution < -0.4 is 5.73 Å². The quantitative estimate of drug-likeness (QED) is 0.363. The maximum atomic E-state index is 14.2. The van der Waals surface area contributed by atoms with Crippen LogP contribution in [0, 0.1) is 12.7 Å². The van der Waals surface area contributed by atoms with Crippen LogP contribution in [0.4, 0.5) is 10.2 Å². The summed E-state index contributed by atoms with van der Waals surface area (Å²) >= 11 is 6.09. The zero-order chi connectivity index (χ0) is 22.4. The number of rotatable bonds is 4. The lowest BCUT2D eigenvalue weighted by molar-refractivity contribution is 0.354. The minimum absolute atomic E-state index is 0.277. The summed E-state index contributed by atoms with van der Waals surface area (Å²) in [7, 11) is 0. The summed E-state index contributed by atoms with van der Waals surface area (Å²) in [6, 6.07) is 15.5. The van der Waals surface area contributed by atoms with Crippen LogP contribution in [0.2, 0.25) is 5.02 Å². The van der Waals surface area contributed by atoms with Gasteiger partial charge in [0.25, 0.3) is 0 Å². The normalized spacial score (nSPS) is 12.4. The molecule has 0 spiro atoms. The van der Waals surface area contributed by atoms with E-state index in [0.29, 0.717) is 33.5 Å². The van der Waals surface area contributed by atoms with Crippen molar-refractivity contribution in [2.75, 3.05) is 5.73 Å². The molecule has 0 aliphatic heterocycles. The van der Waals surface area contributed by atoms with Gasteiger partial charge in [-0.15, -0.1) is 0 Å². The molecule has 8 heteroatoms. The molecule has 1 atom stereocenters. The van der Waals surface area contributed by atoms with E-state index in [1.807, 2.05) is 42.7 Å². The van der Waals surface area contributed by atoms with Gasteiger partial charge in [0.15, 0.2) is 5.76 Å². The number of halogens is 2. The number of benzene rings is 2. The van der Waals surface area contributed by atoms with E-state index < -0.39 is 0 Å². The van der Waals surface area contributed by atoms with Crippen molar-refractivity contribution in [3.8, 4) is 22.4 Å². The van der Waals surface area contributed by atoms with Gasteiger partial charge in [-0.1, -0.05) is 41.0 Å². The van der Waals surface area contributed by atoms with Gasteiger partial charge in [0, 0.05) is 27.9 Å². The van der Waals surface area contributed by atoms with Crippen LogP contribution in [0.5, 0.6) is 0 Å². The van der Waals surface area contributed by atoms with Gasteiger partial charge in [0.05, 0.1) is 11.4 Å². The number of nitrogens with two attached hydrogens (primary N) is 1. The van der Waals surface area contributed by atoms with Crippen molar-refractivity contribution in [2.45, 2.75) is 19.9 Å². The molecule has 0 bridgehead atoms. The molecule has 0 saturated heterocycles. The van der Waals surface area contributed by atoms with Gasteiger partial charge in [-0.25, -0.2) is 14.4 Å². The molecule has 32 heavy (non-hydrogen) atoms. The third-order valence-electron chi connectivity index (χ3n) is 5.67. The fourth-order valence-electron chi connectivity index (χ4n) is 4.13. The van der Waals surface area contributed by atoms with E-state index in [9.17, 15) is 4.39 Å². The standard InChI is InChI=1S/C24H19ClFN5O/c1-13(20-11-19(30-32-20)17-5-3-4-6-18(17)26)31-14(2)21(15-7-9-16(25)10-8-15)22-23(27)28-12-29-24(22)31/h3-13H,1-2H3,(H2,27,28,29). The number of hydrogen-bond donors (Lipinski definition) is 1. The first-order chi connectivity index (χ1) is 15.5. The molecule has 160 valence electrons. The highest BCUT2D eigenvalue weighted by molar-refractivity contribution is 6.30. The second-order valence-corrected chi connectivity index (χ2v) is 8.00. The zero-order valence-corrected chi connectivity index (χ0v) is 18.1. The van der Waals surface area contributed by atoms with Crippen LogP contribution in [-0.2, 0) is 0 Å². The van der Waals surface area contributed by atoms with Crippen LogP contribution >= 0.6 is 11.6 Å². The average Bonchev–Trinajstić information content (AvgIpc) is 3.38. The second kappa shape index (κ2) is 7.76. The lowest BCUT2D eigenvalue weighted by Gasteiger charge is -2.14. The molecule has 0 saturated carbocycles. The molecule has 0 aliphatic carbocycles. The molecule has 5 rings (SSSR count). The van der Waals surface area contributed by atoms with Crippen molar-refractivity contribution in [3.63, 3.8) is 0 Å². The summed E-state index contributed by atoms with van der Waals surface area (Å²) in [5.41, 5.74) is 10.6. The predicted molar refractivity (Wildman–Crippen MR) is 123 cm³/mol. The van der Waals surface area contributed by atoms with Gasteiger partial charge in [0.2, 0.25) is 0 Å². The van der Waals surface area contributed by atoms with E-state index in [-0.39, 0.29) is 11.9 Å². The van der Waals surface area contributed by atoms with Gasteiger partial charge in [-0.05, 0) is 43.7 Å². The first kappa shape index (κ1) is 20.2. The molecular formula is C24H19ClFN5O. The summed E-state index contributed by atoms with van der Waals surface area (Å²) in [4.78, 5) is 8.72. The minimum atomic E-state index is -0.354. The molecular weight excluding hydrogens is 429 g/mol. The Bertz CT molecular complexity index is 1440. The second-order valence-electron chi connectivity index (χ2n) is 7.57. The lowest BCUT2D eigenvalue weighted by atomic mass is 10.0. The SMILES string of the molecule is Cc1c(-c2ccc(Cl)cc2)c2c(N)ncnc2n1C(C)c1cc(-c2ccccc2F)no1. The molecule has 2 aromatic carbocycles. The largest absolute Gasteiger partial charge is 0.383 e. The molecule has 3 aromatic heterocycles. The Morgan fingerprint density at radius 1 is 1.09 bits per heavy atom. The fraction of sp³-hybridized carbons (Fsp3) is 0.125. The first-order valence-corrected chi connectivity index (χ1v) is 10.4. The van der Waals surface area contributed by atoms with Crippen LogP contribution in [0.15, 0.2) is 65.4 Å². The Labute approximate surface area is 188 Å². The summed E-state index contributed by atoms with van der Waals surface area (Å²) in [5.74, 6) is 0.606. The van der Waals surface area contributed by atoms with Crippen molar-refractivity contribution in [2.24, 2.45) is 0 Å². The highest BCUT2D eigenvalue weighted by atomic mass is 35.5. The van der Waals surface area contributed by atoms with Crippen LogP contribution in [-0.4, -0.2) is 19.7 Å². The molecule has 5 aromatic rings. The number of fused-ring (bicyclic) bond motifs is 1. The van der Waals surface area contributed by atoms with Crippen LogP contribution in [0.3, 0.4) is 0 Å². The Morgan fingerprint density at radius 3 is 2.59 bits per heavy atom. The van der Waals surface area contributed by atoms with Gasteiger partial charge in [0.1, 0.15) is 29.3 Å². The molecule has 1 unspecified atom stereocenters. The van der Waals surface area contributed by atoms with Crippen LogP contribution in [0.1, 0.15) is 24.4 Å². The number of nitrogens with zero attached hydrogens (tertiary/aromatic N) is 4. The van der Waals surface area contributed by atoms with Gasteiger partial charge in [-0.2, -0.15) is 0 Å². The Kier molecular flexibility index (Phi) is 4.90. The maximum absolute atomic E-state index is 14.2. The van der Waals surface area contributed by atoms with Crippen molar-refractivity contribution >= 4 is 28.5 Å². The third kappa shape index (κ3) is 3.22. The van der Waals surface area contributed by atoms with E-state index in [1.165, 1.54) is 12.4 Å². The lowest BCUT2D eigenvalue weighted by Crippen LogP contribution is -2.08. The Hall–Kier alpha value is -3.71. The van der Waals surface area contributed by atoms with Crippen molar-refractivity contribution in [1.82, 2.24) is 19.7 Å². The number of nitrogen functional groups attached to an aromatic ring is 1. The summed E-state index contributed by atoms with van der Waals surface area (Å²) in [6.07, 6.45) is 1.44. The molecule has 0 aliphatic rings. The molecule has 3 heterocycles. The highest BCUT2D eigenvalue weighted by Crippen LogP contribution is 2.39. The Morgan fingerprint density at radius 2 is 1.84 bits per heavy atom. The Balaban J connectivity index is 1.67. The number of aromatic nitrogens is 4. The minimum Gasteiger partial charge on any atom is -0.383 e. The third-order valence-corrected chi connectivity index (χ3v) is 5.92. The molecule has 0 radical (unpaired) electrons. The zero-order valence-electron chi connectivity index (χ0n) is 17.4. The number of hydrogen-bond acceptors (Lipinski definition) is 5. The van der Waals surface area contributed by atoms with Crippen molar-refractivity contribution < 1.29 is 8.91 Å². The van der Waals surface area contributed by atoms with Crippen molar-refractivity contribution in [1.29, 1.82) is 0 Å². The molecule has 2 N–H and O–H groups in total. The van der Waals surface area contributed by atoms with Crippen molar-refractivity contribution in [3.05, 3.63) is 83.2 Å². The van der Waals surface area contributed by atoms with Gasteiger partial charge in [-0.3, -0.25) is 0 Å². The summed E-state index contributed by atoms with van der Waals surface area (Å²) < 4.78 is 21.9. The molecule has 0 amide bonds. The van der Waals surface area contributed by atoms with E-state index in [4.69, 9.17) is 21.9 Å². The van der Waals surface area contributed by atoms with Crippen LogP contribution in [0.25, 0.3) is 33.4 Å². The smallest absolute Gasteiger partial charge is 0.159 e. The maximum Gasteiger partial charge on any atom is 0.159 e. The molecule has 0 fully saturated rings. The van der Waals surface area contributed by atoms with Gasteiger partial charge >= 0.3 is 0 Å². The van der Waals surface area contributed by atoms with E-state index in [1.54, 1.807) is 24.3 Å². The summed E-state index contributed by atoms with van der Waals surface area (Å²) in [5, 5.41) is 5.50. The average molecular weight is 448 g/mol. The topological polar surface area (TPSA) is 82.8 Å². The van der Waals surface area contributed by atoms with E-state index in [2.05, 4.69) is 15.1 Å². The number of anilines is 1.